The van der Waals surface area contributed by atoms with Crippen molar-refractivity contribution in [2.24, 2.45) is 4.99 Å². The standard InChI is InChI=1S/C24H20N2O3/c1-16-10-12-18(13-11-16)26-23(28)20-8-4-3-7-19(20)21(24(26)29)14-25-22-9-5-2-6-17(22)15-27/h2-14,27,29H,15H2,1H3. The summed E-state index contributed by atoms with van der Waals surface area (Å²) in [5, 5.41) is 21.6. The normalized spacial score (nSPS) is 11.4. The third kappa shape index (κ3) is 3.44. The molecular formula is C24H20N2O3. The minimum atomic E-state index is -0.296. The number of aromatic nitrogens is 1. The number of benzene rings is 3. The van der Waals surface area contributed by atoms with Crippen LogP contribution in [0.2, 0.25) is 0 Å². The molecule has 0 saturated heterocycles. The zero-order valence-corrected chi connectivity index (χ0v) is 15.9. The predicted octanol–water partition coefficient (Wildman–Crippen LogP) is 4.25. The van der Waals surface area contributed by atoms with E-state index >= 15 is 0 Å². The highest BCUT2D eigenvalue weighted by Crippen LogP contribution is 2.27. The number of rotatable bonds is 4. The molecule has 4 aromatic rings. The molecule has 29 heavy (non-hydrogen) atoms. The van der Waals surface area contributed by atoms with E-state index in [1.165, 1.54) is 10.8 Å². The summed E-state index contributed by atoms with van der Waals surface area (Å²) in [6, 6.07) is 21.7. The number of aliphatic hydroxyl groups is 1. The van der Waals surface area contributed by atoms with Crippen molar-refractivity contribution < 1.29 is 10.2 Å². The fourth-order valence-electron chi connectivity index (χ4n) is 3.33. The fraction of sp³-hybridized carbons (Fsp3) is 0.0833. The van der Waals surface area contributed by atoms with Crippen LogP contribution < -0.4 is 5.56 Å². The smallest absolute Gasteiger partial charge is 0.265 e. The highest BCUT2D eigenvalue weighted by atomic mass is 16.3. The number of hydrogen-bond donors (Lipinski definition) is 2. The van der Waals surface area contributed by atoms with Crippen molar-refractivity contribution in [3.05, 3.63) is 99.8 Å². The number of fused-ring (bicyclic) bond motifs is 1. The van der Waals surface area contributed by atoms with Gasteiger partial charge in [-0.25, -0.2) is 4.57 Å². The molecule has 4 rings (SSSR count). The Morgan fingerprint density at radius 2 is 1.59 bits per heavy atom. The third-order valence-electron chi connectivity index (χ3n) is 4.89. The van der Waals surface area contributed by atoms with Gasteiger partial charge in [-0.1, -0.05) is 54.1 Å². The Kier molecular flexibility index (Phi) is 4.97. The second-order valence-corrected chi connectivity index (χ2v) is 6.80. The summed E-state index contributed by atoms with van der Waals surface area (Å²) in [5.74, 6) is -0.178. The maximum absolute atomic E-state index is 13.1. The number of aliphatic imine (C=N–C) groups is 1. The first-order valence-electron chi connectivity index (χ1n) is 9.26. The Balaban J connectivity index is 1.97. The van der Waals surface area contributed by atoms with Crippen LogP contribution in [0.3, 0.4) is 0 Å². The van der Waals surface area contributed by atoms with Gasteiger partial charge in [0.1, 0.15) is 0 Å². The third-order valence-corrected chi connectivity index (χ3v) is 4.89. The number of hydrogen-bond acceptors (Lipinski definition) is 4. The Morgan fingerprint density at radius 1 is 0.931 bits per heavy atom. The van der Waals surface area contributed by atoms with E-state index in [2.05, 4.69) is 4.99 Å². The van der Waals surface area contributed by atoms with Gasteiger partial charge in [-0.15, -0.1) is 0 Å². The van der Waals surface area contributed by atoms with E-state index in [0.29, 0.717) is 33.3 Å². The van der Waals surface area contributed by atoms with Crippen LogP contribution >= 0.6 is 0 Å². The van der Waals surface area contributed by atoms with Gasteiger partial charge >= 0.3 is 0 Å². The lowest BCUT2D eigenvalue weighted by Gasteiger charge is -2.14. The molecule has 0 unspecified atom stereocenters. The summed E-state index contributed by atoms with van der Waals surface area (Å²) in [7, 11) is 0. The van der Waals surface area contributed by atoms with E-state index in [0.717, 1.165) is 5.56 Å². The van der Waals surface area contributed by atoms with Gasteiger partial charge in [0.15, 0.2) is 0 Å². The minimum Gasteiger partial charge on any atom is -0.494 e. The quantitative estimate of drug-likeness (QED) is 0.517. The molecule has 0 aliphatic carbocycles. The van der Waals surface area contributed by atoms with Crippen molar-refractivity contribution in [2.75, 3.05) is 0 Å². The minimum absolute atomic E-state index is 0.136. The number of para-hydroxylation sites is 1. The number of aromatic hydroxyl groups is 1. The van der Waals surface area contributed by atoms with Crippen LogP contribution in [0.15, 0.2) is 82.6 Å². The van der Waals surface area contributed by atoms with Gasteiger partial charge in [0.25, 0.3) is 5.56 Å². The molecule has 1 aromatic heterocycles. The fourth-order valence-corrected chi connectivity index (χ4v) is 3.33. The van der Waals surface area contributed by atoms with Crippen LogP contribution in [0.25, 0.3) is 16.5 Å². The molecule has 0 bridgehead atoms. The molecule has 0 amide bonds. The van der Waals surface area contributed by atoms with E-state index < -0.39 is 0 Å². The van der Waals surface area contributed by atoms with Crippen molar-refractivity contribution in [2.45, 2.75) is 13.5 Å². The number of nitrogens with zero attached hydrogens (tertiary/aromatic N) is 2. The molecule has 0 radical (unpaired) electrons. The first-order chi connectivity index (χ1) is 14.1. The Morgan fingerprint density at radius 3 is 2.31 bits per heavy atom. The molecule has 0 aliphatic heterocycles. The Bertz CT molecular complexity index is 1270. The largest absolute Gasteiger partial charge is 0.494 e. The SMILES string of the molecule is Cc1ccc(-n2c(O)c(C=Nc3ccccc3CO)c3ccccc3c2=O)cc1. The summed E-state index contributed by atoms with van der Waals surface area (Å²) in [5.41, 5.74) is 3.06. The molecule has 0 aliphatic rings. The predicted molar refractivity (Wildman–Crippen MR) is 116 cm³/mol. The lowest BCUT2D eigenvalue weighted by atomic mass is 10.1. The van der Waals surface area contributed by atoms with Crippen molar-refractivity contribution in [3.63, 3.8) is 0 Å². The van der Waals surface area contributed by atoms with Gasteiger partial charge in [0.05, 0.1) is 23.5 Å². The lowest BCUT2D eigenvalue weighted by Crippen LogP contribution is -2.20. The average molecular weight is 384 g/mol. The van der Waals surface area contributed by atoms with Crippen molar-refractivity contribution in [1.29, 1.82) is 0 Å². The van der Waals surface area contributed by atoms with E-state index in [9.17, 15) is 15.0 Å². The zero-order chi connectivity index (χ0) is 20.4. The van der Waals surface area contributed by atoms with Gasteiger partial charge in [0.2, 0.25) is 5.88 Å². The summed E-state index contributed by atoms with van der Waals surface area (Å²) in [6.07, 6.45) is 1.54. The van der Waals surface area contributed by atoms with E-state index in [1.54, 1.807) is 42.5 Å². The van der Waals surface area contributed by atoms with Gasteiger partial charge in [-0.2, -0.15) is 0 Å². The molecular weight excluding hydrogens is 364 g/mol. The molecule has 0 spiro atoms. The maximum Gasteiger partial charge on any atom is 0.265 e. The van der Waals surface area contributed by atoms with Gasteiger partial charge in [-0.05, 0) is 31.2 Å². The molecule has 0 fully saturated rings. The molecule has 3 aromatic carbocycles. The average Bonchev–Trinajstić information content (AvgIpc) is 2.75. The topological polar surface area (TPSA) is 74.8 Å². The summed E-state index contributed by atoms with van der Waals surface area (Å²) < 4.78 is 1.29. The van der Waals surface area contributed by atoms with Gasteiger partial charge < -0.3 is 10.2 Å². The van der Waals surface area contributed by atoms with E-state index in [1.807, 2.05) is 37.3 Å². The van der Waals surface area contributed by atoms with Crippen LogP contribution in [-0.2, 0) is 6.61 Å². The molecule has 0 saturated carbocycles. The molecule has 144 valence electrons. The van der Waals surface area contributed by atoms with E-state index in [-0.39, 0.29) is 18.0 Å². The van der Waals surface area contributed by atoms with Crippen molar-refractivity contribution >= 4 is 22.7 Å². The lowest BCUT2D eigenvalue weighted by molar-refractivity contribution is 0.282. The second-order valence-electron chi connectivity index (χ2n) is 6.80. The summed E-state index contributed by atoms with van der Waals surface area (Å²) in [4.78, 5) is 17.6. The molecule has 1 heterocycles. The summed E-state index contributed by atoms with van der Waals surface area (Å²) >= 11 is 0. The van der Waals surface area contributed by atoms with Crippen molar-refractivity contribution in [3.8, 4) is 11.6 Å². The second kappa shape index (κ2) is 7.73. The zero-order valence-electron chi connectivity index (χ0n) is 15.9. The van der Waals surface area contributed by atoms with Gasteiger partial charge in [-0.3, -0.25) is 9.79 Å². The van der Waals surface area contributed by atoms with Crippen LogP contribution in [0, 0.1) is 6.92 Å². The first kappa shape index (κ1) is 18.7. The summed E-state index contributed by atoms with van der Waals surface area (Å²) in [6.45, 7) is 1.83. The maximum atomic E-state index is 13.1. The Hall–Kier alpha value is -3.70. The van der Waals surface area contributed by atoms with Gasteiger partial charge in [0, 0.05) is 22.6 Å². The van der Waals surface area contributed by atoms with Crippen LogP contribution in [0.5, 0.6) is 5.88 Å². The van der Waals surface area contributed by atoms with Crippen LogP contribution in [-0.4, -0.2) is 21.0 Å². The van der Waals surface area contributed by atoms with Crippen LogP contribution in [0.1, 0.15) is 16.7 Å². The van der Waals surface area contributed by atoms with Crippen LogP contribution in [0.4, 0.5) is 5.69 Å². The number of aliphatic hydroxyl groups excluding tert-OH is 1. The highest BCUT2D eigenvalue weighted by Gasteiger charge is 2.16. The molecule has 5 heteroatoms. The molecule has 0 atom stereocenters. The monoisotopic (exact) mass is 384 g/mol. The van der Waals surface area contributed by atoms with Crippen molar-refractivity contribution in [1.82, 2.24) is 4.57 Å². The molecule has 2 N–H and O–H groups in total. The first-order valence-corrected chi connectivity index (χ1v) is 9.26. The Labute approximate surface area is 167 Å². The molecule has 5 nitrogen and oxygen atoms in total. The number of pyridine rings is 1. The van der Waals surface area contributed by atoms with E-state index in [4.69, 9.17) is 0 Å². The number of aryl methyl sites for hydroxylation is 1. The highest BCUT2D eigenvalue weighted by molar-refractivity contribution is 6.02.